The Morgan fingerprint density at radius 1 is 0.969 bits per heavy atom. The van der Waals surface area contributed by atoms with E-state index in [4.69, 9.17) is 18.9 Å². The van der Waals surface area contributed by atoms with Gasteiger partial charge < -0.3 is 49.6 Å². The minimum absolute atomic E-state index is 0.104. The van der Waals surface area contributed by atoms with Gasteiger partial charge in [0.2, 0.25) is 6.29 Å². The van der Waals surface area contributed by atoms with E-state index in [1.807, 2.05) is 0 Å². The second-order valence-corrected chi connectivity index (χ2v) is 7.08. The first kappa shape index (κ1) is 23.6. The van der Waals surface area contributed by atoms with Crippen LogP contribution in [0.3, 0.4) is 0 Å². The van der Waals surface area contributed by atoms with Gasteiger partial charge in [0.05, 0.1) is 19.3 Å². The van der Waals surface area contributed by atoms with E-state index < -0.39 is 43.3 Å². The van der Waals surface area contributed by atoms with Gasteiger partial charge in [0.25, 0.3) is 0 Å². The average molecular weight is 452 g/mol. The van der Waals surface area contributed by atoms with Gasteiger partial charge >= 0.3 is 5.97 Å². The Bertz CT molecular complexity index is 945. The van der Waals surface area contributed by atoms with Crippen molar-refractivity contribution in [3.05, 3.63) is 47.5 Å². The van der Waals surface area contributed by atoms with E-state index in [-0.39, 0.29) is 35.2 Å². The van der Waals surface area contributed by atoms with Crippen LogP contribution in [0.4, 0.5) is 0 Å². The quantitative estimate of drug-likeness (QED) is 0.303. The van der Waals surface area contributed by atoms with Crippen molar-refractivity contribution in [3.8, 4) is 23.0 Å². The van der Waals surface area contributed by atoms with Crippen molar-refractivity contribution in [1.82, 2.24) is 0 Å². The first-order valence-electron chi connectivity index (χ1n) is 9.58. The highest BCUT2D eigenvalue weighted by molar-refractivity contribution is 5.90. The molecule has 1 aliphatic heterocycles. The Kier molecular flexibility index (Phi) is 7.38. The van der Waals surface area contributed by atoms with Gasteiger partial charge in [-0.05, 0) is 35.9 Å². The molecule has 0 amide bonds. The summed E-state index contributed by atoms with van der Waals surface area (Å²) in [5.41, 5.74) is 0.578. The van der Waals surface area contributed by atoms with Crippen molar-refractivity contribution in [3.63, 3.8) is 0 Å². The van der Waals surface area contributed by atoms with Gasteiger partial charge in [0, 0.05) is 0 Å². The summed E-state index contributed by atoms with van der Waals surface area (Å²) in [6, 6.07) is 8.09. The monoisotopic (exact) mass is 452 g/mol. The first-order valence-corrected chi connectivity index (χ1v) is 9.58. The molecule has 32 heavy (non-hydrogen) atoms. The minimum atomic E-state index is -1.63. The highest BCUT2D eigenvalue weighted by Crippen LogP contribution is 2.32. The minimum Gasteiger partial charge on any atom is -0.504 e. The van der Waals surface area contributed by atoms with Crippen LogP contribution in [0.15, 0.2) is 36.4 Å². The summed E-state index contributed by atoms with van der Waals surface area (Å²) < 4.78 is 20.8. The van der Waals surface area contributed by atoms with E-state index in [1.165, 1.54) is 43.5 Å². The second kappa shape index (κ2) is 10.0. The Hall–Kier alpha value is -3.09. The molecule has 1 aliphatic rings. The summed E-state index contributed by atoms with van der Waals surface area (Å²) in [4.78, 5) is 12.2. The fourth-order valence-electron chi connectivity index (χ4n) is 3.08. The lowest BCUT2D eigenvalue weighted by atomic mass is 9.99. The number of carbonyl (C=O) groups excluding carboxylic acids is 1. The molecule has 11 heteroatoms. The third-order valence-corrected chi connectivity index (χ3v) is 4.90. The summed E-state index contributed by atoms with van der Waals surface area (Å²) >= 11 is 0. The summed E-state index contributed by atoms with van der Waals surface area (Å²) in [5.74, 6) is -1.14. The van der Waals surface area contributed by atoms with Crippen LogP contribution in [-0.2, 0) is 16.1 Å². The second-order valence-electron chi connectivity index (χ2n) is 7.08. The molecule has 2 aromatic carbocycles. The van der Waals surface area contributed by atoms with E-state index in [0.717, 1.165) is 0 Å². The van der Waals surface area contributed by atoms with Crippen molar-refractivity contribution in [1.29, 1.82) is 0 Å². The van der Waals surface area contributed by atoms with Gasteiger partial charge in [-0.15, -0.1) is 0 Å². The smallest absolute Gasteiger partial charge is 0.338 e. The van der Waals surface area contributed by atoms with Gasteiger partial charge in [-0.2, -0.15) is 0 Å². The Morgan fingerprint density at radius 2 is 1.72 bits per heavy atom. The van der Waals surface area contributed by atoms with Crippen LogP contribution >= 0.6 is 0 Å². The zero-order valence-corrected chi connectivity index (χ0v) is 17.0. The molecule has 1 heterocycles. The number of aliphatic hydroxyl groups excluding tert-OH is 4. The summed E-state index contributed by atoms with van der Waals surface area (Å²) in [5, 5.41) is 58.7. The van der Waals surface area contributed by atoms with Crippen molar-refractivity contribution >= 4 is 5.97 Å². The third kappa shape index (κ3) is 5.03. The molecule has 174 valence electrons. The van der Waals surface area contributed by atoms with Crippen LogP contribution in [0.25, 0.3) is 0 Å². The molecule has 3 rings (SSSR count). The first-order chi connectivity index (χ1) is 15.2. The summed E-state index contributed by atoms with van der Waals surface area (Å²) in [7, 11) is 1.35. The van der Waals surface area contributed by atoms with Crippen LogP contribution in [0, 0.1) is 0 Å². The predicted octanol–water partition coefficient (Wildman–Crippen LogP) is -0.358. The van der Waals surface area contributed by atoms with Crippen molar-refractivity contribution in [2.24, 2.45) is 0 Å². The Morgan fingerprint density at radius 3 is 2.38 bits per heavy atom. The molecular weight excluding hydrogens is 428 g/mol. The molecule has 5 atom stereocenters. The molecular formula is C21H24O11. The van der Waals surface area contributed by atoms with E-state index in [0.29, 0.717) is 5.56 Å². The molecule has 0 radical (unpaired) electrons. The Labute approximate surface area is 182 Å². The van der Waals surface area contributed by atoms with E-state index in [2.05, 4.69) is 0 Å². The molecule has 1 saturated heterocycles. The number of ether oxygens (including phenoxy) is 4. The fraction of sp³-hybridized carbons (Fsp3) is 0.381. The predicted molar refractivity (Wildman–Crippen MR) is 106 cm³/mol. The number of methoxy groups -OCH3 is 1. The zero-order valence-electron chi connectivity index (χ0n) is 17.0. The largest absolute Gasteiger partial charge is 0.504 e. The average Bonchev–Trinajstić information content (AvgIpc) is 2.79. The van der Waals surface area contributed by atoms with Crippen LogP contribution < -0.4 is 9.47 Å². The topological polar surface area (TPSA) is 175 Å². The lowest BCUT2D eigenvalue weighted by Gasteiger charge is -2.39. The van der Waals surface area contributed by atoms with Crippen molar-refractivity contribution in [2.45, 2.75) is 37.3 Å². The third-order valence-electron chi connectivity index (χ3n) is 4.90. The normalized spacial score (nSPS) is 25.2. The zero-order chi connectivity index (χ0) is 23.4. The molecule has 0 spiro atoms. The molecule has 0 bridgehead atoms. The molecule has 5 unspecified atom stereocenters. The number of benzene rings is 2. The van der Waals surface area contributed by atoms with Crippen LogP contribution in [-0.4, -0.2) is 81.0 Å². The van der Waals surface area contributed by atoms with E-state index in [1.54, 1.807) is 0 Å². The highest BCUT2D eigenvalue weighted by atomic mass is 16.7. The summed E-state index contributed by atoms with van der Waals surface area (Å²) in [6.45, 7) is -0.802. The number of phenolic OH excluding ortho intramolecular Hbond substituents is 2. The number of rotatable bonds is 7. The van der Waals surface area contributed by atoms with Crippen LogP contribution in [0.1, 0.15) is 15.9 Å². The lowest BCUT2D eigenvalue weighted by molar-refractivity contribution is -0.277. The number of hydrogen-bond donors (Lipinski definition) is 6. The van der Waals surface area contributed by atoms with Gasteiger partial charge in [-0.1, -0.05) is 6.07 Å². The number of hydrogen-bond acceptors (Lipinski definition) is 11. The molecule has 1 fully saturated rings. The van der Waals surface area contributed by atoms with Gasteiger partial charge in [0.15, 0.2) is 23.0 Å². The Balaban J connectivity index is 1.63. The number of aliphatic hydroxyl groups is 4. The molecule has 11 nitrogen and oxygen atoms in total. The van der Waals surface area contributed by atoms with Crippen LogP contribution in [0.5, 0.6) is 23.0 Å². The van der Waals surface area contributed by atoms with E-state index >= 15 is 0 Å². The van der Waals surface area contributed by atoms with Gasteiger partial charge in [0.1, 0.15) is 31.0 Å². The maximum atomic E-state index is 12.2. The molecule has 0 aromatic heterocycles. The molecule has 0 aliphatic carbocycles. The standard InChI is InChI=1S/C21H24O11/c1-29-15-7-11(3-4-12(15)23)20(28)30-9-10-2-5-14(13(24)6-10)31-21-19(27)18(26)17(25)16(8-22)32-21/h2-7,16-19,21-27H,8-9H2,1H3. The molecule has 0 saturated carbocycles. The maximum Gasteiger partial charge on any atom is 0.338 e. The van der Waals surface area contributed by atoms with Gasteiger partial charge in [-0.25, -0.2) is 4.79 Å². The number of esters is 1. The number of carbonyl (C=O) groups is 1. The highest BCUT2D eigenvalue weighted by Gasteiger charge is 2.44. The van der Waals surface area contributed by atoms with E-state index in [9.17, 15) is 35.4 Å². The summed E-state index contributed by atoms with van der Waals surface area (Å²) in [6.07, 6.45) is -7.39. The maximum absolute atomic E-state index is 12.2. The molecule has 6 N–H and O–H groups in total. The molecule has 2 aromatic rings. The van der Waals surface area contributed by atoms with Crippen molar-refractivity contribution < 1.29 is 54.4 Å². The number of phenols is 2. The number of aromatic hydroxyl groups is 2. The lowest BCUT2D eigenvalue weighted by Crippen LogP contribution is -2.60. The van der Waals surface area contributed by atoms with Crippen molar-refractivity contribution in [2.75, 3.05) is 13.7 Å². The van der Waals surface area contributed by atoms with Gasteiger partial charge in [-0.3, -0.25) is 0 Å². The van der Waals surface area contributed by atoms with Crippen LogP contribution in [0.2, 0.25) is 0 Å². The SMILES string of the molecule is COc1cc(C(=O)OCc2ccc(OC3OC(CO)C(O)C(O)C3O)c(O)c2)ccc1O. The fourth-order valence-corrected chi connectivity index (χ4v) is 3.08.